The van der Waals surface area contributed by atoms with Gasteiger partial charge in [-0.3, -0.25) is 47.4 Å². The molecule has 42 heteroatoms. The van der Waals surface area contributed by atoms with Crippen molar-refractivity contribution in [2.75, 3.05) is 26.6 Å². The maximum atomic E-state index is 13.9. The van der Waals surface area contributed by atoms with E-state index in [4.69, 9.17) is 0 Å². The fourth-order valence-electron chi connectivity index (χ4n) is 15.3. The van der Waals surface area contributed by atoms with E-state index >= 15 is 0 Å². The van der Waals surface area contributed by atoms with E-state index in [2.05, 4.69) is 62.0 Å². The number of thiazole rings is 2. The highest BCUT2D eigenvalue weighted by atomic mass is 32.1. The summed E-state index contributed by atoms with van der Waals surface area (Å²) in [7, 11) is 0. The molecule has 7 heterocycles. The van der Waals surface area contributed by atoms with E-state index in [9.17, 15) is 103 Å². The number of nitrogens with zero attached hydrogens (tertiary/aromatic N) is 12. The molecular weight excluding hydrogens is 2000 g/mol. The second kappa shape index (κ2) is 44.0. The van der Waals surface area contributed by atoms with E-state index in [-0.39, 0.29) is 72.9 Å². The van der Waals surface area contributed by atoms with Crippen LogP contribution in [0.25, 0.3) is 54.5 Å². The summed E-state index contributed by atoms with van der Waals surface area (Å²) in [4.78, 5) is 71.2. The number of benzene rings is 13. The van der Waals surface area contributed by atoms with Crippen LogP contribution in [-0.2, 0) is 63.6 Å². The van der Waals surface area contributed by atoms with E-state index in [0.29, 0.717) is 93.6 Å². The molecule has 0 spiro atoms. The van der Waals surface area contributed by atoms with Gasteiger partial charge in [0.05, 0.1) is 105 Å². The molecule has 22 nitrogen and oxygen atoms in total. The lowest BCUT2D eigenvalue weighted by Crippen LogP contribution is -2.14. The molecule has 0 atom stereocenters. The monoisotopic (exact) mass is 2070 g/mol. The molecule has 20 aromatic rings. The Morgan fingerprint density at radius 3 is 0.872 bits per heavy atom. The van der Waals surface area contributed by atoms with E-state index in [1.165, 1.54) is 144 Å². The molecule has 0 saturated heterocycles. The van der Waals surface area contributed by atoms with E-state index in [0.717, 1.165) is 94.2 Å². The number of fused-ring (bicyclic) bond motifs is 5. The summed E-state index contributed by atoms with van der Waals surface area (Å²) in [6, 6.07) is 76.5. The number of halogens is 18. The van der Waals surface area contributed by atoms with Crippen LogP contribution in [0.4, 0.5) is 108 Å². The molecule has 752 valence electrons. The predicted molar refractivity (Wildman–Crippen MR) is 524 cm³/mol. The predicted octanol–water partition coefficient (Wildman–Crippen LogP) is 26.7. The van der Waals surface area contributed by atoms with Crippen molar-refractivity contribution in [1.82, 2.24) is 58.9 Å². The Morgan fingerprint density at radius 2 is 0.581 bits per heavy atom. The van der Waals surface area contributed by atoms with Crippen LogP contribution < -0.4 is 26.6 Å². The van der Waals surface area contributed by atoms with E-state index in [1.807, 2.05) is 55.5 Å². The summed E-state index contributed by atoms with van der Waals surface area (Å²) in [5.74, 6) is -2.26. The minimum Gasteiger partial charge on any atom is -0.305 e. The van der Waals surface area contributed by atoms with Crippen molar-refractivity contribution >= 4 is 136 Å². The number of hydrogen-bond acceptors (Lipinski definition) is 14. The van der Waals surface area contributed by atoms with Gasteiger partial charge in [0.2, 0.25) is 0 Å². The fourth-order valence-corrected chi connectivity index (χ4v) is 16.7. The summed E-state index contributed by atoms with van der Waals surface area (Å²) < 4.78 is 240. The SMILES string of the molecule is Cc1csc(C(=O)Nc2nn(Cc3ccc(C(F)(F)F)cc3)c3ccccc23)n1.Cc1ncsc1C(=O)Nc1nn(Cc2ccc(C(F)(F)F)cc2)c2ccccc12.O=C(Nc1nn(Cc2ccc(C(F)(F)F)cc2)c2ccccc12)c1ccc(F)cc1.O=C(Nc1nn(Cc2ccc(C(F)(F)F)cc2)c2ccccc12)c1cccc(F)c1.O=C(Nc1nn(Cc2ccc(C(F)(F)F)cc2)c2ccccc12)c1ccccc1F. The van der Waals surface area contributed by atoms with Crippen molar-refractivity contribution in [1.29, 1.82) is 0 Å². The number of carbonyl (C=O) groups is 5. The molecule has 0 aliphatic carbocycles. The minimum atomic E-state index is -4.40. The van der Waals surface area contributed by atoms with Crippen LogP contribution in [0.5, 0.6) is 0 Å². The van der Waals surface area contributed by atoms with Gasteiger partial charge >= 0.3 is 30.9 Å². The summed E-state index contributed by atoms with van der Waals surface area (Å²) >= 11 is 2.49. The number of hydrogen-bond donors (Lipinski definition) is 5. The number of anilines is 5. The van der Waals surface area contributed by atoms with E-state index < -0.39 is 93.9 Å². The number of nitrogens with one attached hydrogen (secondary N) is 5. The van der Waals surface area contributed by atoms with Crippen molar-refractivity contribution in [3.05, 3.63) is 437 Å². The Kier molecular flexibility index (Phi) is 30.8. The average Bonchev–Trinajstić information content (AvgIpc) is 1.63. The number of alkyl halides is 15. The van der Waals surface area contributed by atoms with Gasteiger partial charge in [-0.2, -0.15) is 91.3 Å². The molecule has 0 aliphatic rings. The van der Waals surface area contributed by atoms with Gasteiger partial charge in [-0.05, 0) is 218 Å². The standard InChI is InChI=1S/3C22H15F4N3O.2C20H15F3N4OS/c23-18-7-3-1-5-16(18)21(30)27-20-17-6-2-4-8-19(17)29(28-20)13-14-9-11-15(12-10-14)22(24,25)26;23-17-5-3-4-15(12-17)21(30)27-20-18-6-1-2-7-19(18)29(28-20)13-14-8-10-16(11-9-14)22(24,25)26;23-17-11-7-15(8-12-17)21(30)27-20-18-3-1-2-4-19(18)29(28-20)13-14-5-9-16(10-6-14)22(24,25)26;1-12-17(29-11-24-12)19(28)25-18-15-4-2-3-5-16(15)27(26-18)10-13-6-8-14(9-7-13)20(21,22)23;1-12-11-29-19(24-12)18(28)25-17-15-4-2-3-5-16(15)27(26-17)10-13-6-8-14(9-7-13)20(21,22)23/h3*1-12H,13H2,(H,27,28,30);2*2-9,11H,10H2,1H3,(H,25,26,28). The zero-order chi connectivity index (χ0) is 105. The molecular formula is C106H75F18N17O5S2. The Balaban J connectivity index is 0.000000132. The smallest absolute Gasteiger partial charge is 0.305 e. The molecule has 20 rings (SSSR count). The second-order valence-corrected chi connectivity index (χ2v) is 34.6. The fraction of sp³-hybridized carbons (Fsp3) is 0.113. The van der Waals surface area contributed by atoms with Gasteiger partial charge in [-0.15, -0.1) is 22.7 Å². The van der Waals surface area contributed by atoms with Gasteiger partial charge in [0.25, 0.3) is 29.5 Å². The third kappa shape index (κ3) is 25.3. The molecule has 7 aromatic heterocycles. The molecule has 5 amide bonds. The molecule has 5 N–H and O–H groups in total. The summed E-state index contributed by atoms with van der Waals surface area (Å²) in [5.41, 5.74) is 6.59. The zero-order valence-electron chi connectivity index (χ0n) is 76.7. The Bertz CT molecular complexity index is 8200. The molecule has 0 fully saturated rings. The first kappa shape index (κ1) is 103. The minimum absolute atomic E-state index is 0.112. The average molecular weight is 2070 g/mol. The number of rotatable bonds is 20. The molecule has 13 aromatic carbocycles. The maximum Gasteiger partial charge on any atom is 0.416 e. The van der Waals surface area contributed by atoms with E-state index in [1.54, 1.807) is 120 Å². The van der Waals surface area contributed by atoms with Crippen molar-refractivity contribution in [3.63, 3.8) is 0 Å². The second-order valence-electron chi connectivity index (χ2n) is 32.9. The number of amides is 5. The topological polar surface area (TPSA) is 260 Å². The van der Waals surface area contributed by atoms with Crippen molar-refractivity contribution in [2.45, 2.75) is 77.5 Å². The van der Waals surface area contributed by atoms with Crippen molar-refractivity contribution in [3.8, 4) is 0 Å². The normalized spacial score (nSPS) is 11.6. The lowest BCUT2D eigenvalue weighted by molar-refractivity contribution is -0.138. The van der Waals surface area contributed by atoms with Crippen LogP contribution in [0.15, 0.2) is 326 Å². The largest absolute Gasteiger partial charge is 0.416 e. The van der Waals surface area contributed by atoms with Crippen molar-refractivity contribution in [2.24, 2.45) is 0 Å². The van der Waals surface area contributed by atoms with Crippen LogP contribution >= 0.6 is 22.7 Å². The van der Waals surface area contributed by atoms with Gasteiger partial charge in [-0.1, -0.05) is 140 Å². The third-order valence-corrected chi connectivity index (χ3v) is 24.5. The number of para-hydroxylation sites is 5. The highest BCUT2D eigenvalue weighted by Gasteiger charge is 2.35. The van der Waals surface area contributed by atoms with Gasteiger partial charge in [0.15, 0.2) is 34.1 Å². The quantitative estimate of drug-likeness (QED) is 0.0446. The van der Waals surface area contributed by atoms with Crippen molar-refractivity contribution < 1.29 is 103 Å². The maximum absolute atomic E-state index is 13.9. The summed E-state index contributed by atoms with van der Waals surface area (Å²) in [6.07, 6.45) is -21.9. The summed E-state index contributed by atoms with van der Waals surface area (Å²) in [6.45, 7) is 4.75. The summed E-state index contributed by atoms with van der Waals surface area (Å²) in [5, 5.41) is 41.4. The molecule has 148 heavy (non-hydrogen) atoms. The van der Waals surface area contributed by atoms with Crippen LogP contribution in [-0.4, -0.2) is 88.4 Å². The zero-order valence-corrected chi connectivity index (χ0v) is 78.4. The first-order chi connectivity index (χ1) is 70.6. The lowest BCUT2D eigenvalue weighted by atomic mass is 10.1. The van der Waals surface area contributed by atoms with Crippen LogP contribution in [0.3, 0.4) is 0 Å². The van der Waals surface area contributed by atoms with Crippen LogP contribution in [0.2, 0.25) is 0 Å². The van der Waals surface area contributed by atoms with Crippen LogP contribution in [0, 0.1) is 31.3 Å². The molecule has 0 unspecified atom stereocenters. The number of aromatic nitrogens is 12. The molecule has 0 aliphatic heterocycles. The Morgan fingerprint density at radius 1 is 0.291 bits per heavy atom. The first-order valence-electron chi connectivity index (χ1n) is 44.3. The lowest BCUT2D eigenvalue weighted by Gasteiger charge is -2.08. The molecule has 0 bridgehead atoms. The first-order valence-corrected chi connectivity index (χ1v) is 46.1. The molecule has 0 saturated carbocycles. The van der Waals surface area contributed by atoms with Crippen LogP contribution in [0.1, 0.15) is 118 Å². The number of carbonyl (C=O) groups excluding carboxylic acids is 5. The van der Waals surface area contributed by atoms with Gasteiger partial charge in [0, 0.05) is 49.1 Å². The highest BCUT2D eigenvalue weighted by Crippen LogP contribution is 2.38. The van der Waals surface area contributed by atoms with Gasteiger partial charge < -0.3 is 26.6 Å². The van der Waals surface area contributed by atoms with Gasteiger partial charge in [0.1, 0.15) is 22.3 Å². The Hall–Kier alpha value is -17.4. The number of aryl methyl sites for hydroxylation is 2. The highest BCUT2D eigenvalue weighted by molar-refractivity contribution is 7.12. The molecule has 0 radical (unpaired) electrons. The Labute approximate surface area is 834 Å². The third-order valence-electron chi connectivity index (χ3n) is 22.6. The van der Waals surface area contributed by atoms with Gasteiger partial charge in [-0.25, -0.2) is 23.1 Å².